The largest absolute Gasteiger partial charge is 0.444 e. The van der Waals surface area contributed by atoms with Gasteiger partial charge in [0.05, 0.1) is 5.69 Å². The quantitative estimate of drug-likeness (QED) is 0.852. The van der Waals surface area contributed by atoms with Crippen molar-refractivity contribution in [1.29, 1.82) is 0 Å². The van der Waals surface area contributed by atoms with Gasteiger partial charge in [-0.2, -0.15) is 0 Å². The van der Waals surface area contributed by atoms with Crippen molar-refractivity contribution in [2.24, 2.45) is 0 Å². The summed E-state index contributed by atoms with van der Waals surface area (Å²) in [5.74, 6) is -2.26. The first-order chi connectivity index (χ1) is 12.6. The molecule has 1 fully saturated rings. The van der Waals surface area contributed by atoms with Crippen LogP contribution in [0, 0.1) is 11.6 Å². The second-order valence-corrected chi connectivity index (χ2v) is 7.99. The lowest BCUT2D eigenvalue weighted by molar-refractivity contribution is -0.125. The van der Waals surface area contributed by atoms with Crippen molar-refractivity contribution in [2.75, 3.05) is 11.9 Å². The average molecular weight is 395 g/mol. The smallest absolute Gasteiger partial charge is 0.410 e. The molecule has 1 aliphatic heterocycles. The van der Waals surface area contributed by atoms with Crippen LogP contribution in [0.25, 0.3) is 11.3 Å². The van der Waals surface area contributed by atoms with Crippen molar-refractivity contribution in [1.82, 2.24) is 9.88 Å². The predicted molar refractivity (Wildman–Crippen MR) is 97.4 cm³/mol. The molecule has 0 unspecified atom stereocenters. The summed E-state index contributed by atoms with van der Waals surface area (Å²) in [5.41, 5.74) is 0.194. The molecule has 0 aliphatic carbocycles. The van der Waals surface area contributed by atoms with Crippen molar-refractivity contribution in [3.63, 3.8) is 0 Å². The number of hydrogen-bond donors (Lipinski definition) is 1. The lowest BCUT2D eigenvalue weighted by Gasteiger charge is -2.39. The number of carbonyl (C=O) groups excluding carboxylic acids is 2. The van der Waals surface area contributed by atoms with Gasteiger partial charge >= 0.3 is 6.09 Å². The maximum atomic E-state index is 13.4. The second-order valence-electron chi connectivity index (χ2n) is 7.13. The van der Waals surface area contributed by atoms with E-state index in [4.69, 9.17) is 4.74 Å². The zero-order chi connectivity index (χ0) is 19.8. The fourth-order valence-electron chi connectivity index (χ4n) is 2.51. The third kappa shape index (κ3) is 4.41. The summed E-state index contributed by atoms with van der Waals surface area (Å²) in [5, 5.41) is 4.61. The molecule has 9 heteroatoms. The Labute approximate surface area is 159 Å². The summed E-state index contributed by atoms with van der Waals surface area (Å²) in [4.78, 5) is 30.1. The first kappa shape index (κ1) is 19.2. The molecule has 1 saturated heterocycles. The first-order valence-electron chi connectivity index (χ1n) is 8.35. The molecular weight excluding hydrogens is 376 g/mol. The highest BCUT2D eigenvalue weighted by Crippen LogP contribution is 2.28. The van der Waals surface area contributed by atoms with Gasteiger partial charge in [0.1, 0.15) is 11.6 Å². The number of amides is 2. The Morgan fingerprint density at radius 3 is 2.63 bits per heavy atom. The number of ether oxygens (including phenoxy) is 1. The standard InChI is InChI=1S/C18H19F2N3O3S/c1-18(2,3)26-17(25)23-7-6-14(23)15(24)22-16-21-13(9-27-16)10-4-5-11(19)12(20)8-10/h4-5,8-9,14H,6-7H2,1-3H3,(H,21,22,24)/t14-/m0/s1. The van der Waals surface area contributed by atoms with E-state index in [2.05, 4.69) is 10.3 Å². The van der Waals surface area contributed by atoms with Gasteiger partial charge in [0.25, 0.3) is 0 Å². The molecule has 144 valence electrons. The summed E-state index contributed by atoms with van der Waals surface area (Å²) >= 11 is 1.16. The van der Waals surface area contributed by atoms with Crippen molar-refractivity contribution in [3.8, 4) is 11.3 Å². The van der Waals surface area contributed by atoms with E-state index in [1.807, 2.05) is 0 Å². The lowest BCUT2D eigenvalue weighted by atomic mass is 10.0. The molecule has 2 amide bonds. The van der Waals surface area contributed by atoms with Crippen LogP contribution in [0.15, 0.2) is 23.6 Å². The molecule has 0 bridgehead atoms. The second kappa shape index (κ2) is 7.22. The molecule has 0 radical (unpaired) electrons. The number of anilines is 1. The van der Waals surface area contributed by atoms with Crippen LogP contribution in [-0.2, 0) is 9.53 Å². The molecular formula is C18H19F2N3O3S. The fraction of sp³-hybridized carbons (Fsp3) is 0.389. The van der Waals surface area contributed by atoms with Gasteiger partial charge in [0, 0.05) is 17.5 Å². The van der Waals surface area contributed by atoms with Crippen LogP contribution in [0.5, 0.6) is 0 Å². The predicted octanol–water partition coefficient (Wildman–Crippen LogP) is 4.04. The highest BCUT2D eigenvalue weighted by atomic mass is 32.1. The monoisotopic (exact) mass is 395 g/mol. The Morgan fingerprint density at radius 2 is 2.04 bits per heavy atom. The fourth-order valence-corrected chi connectivity index (χ4v) is 3.23. The number of halogens is 2. The number of nitrogens with one attached hydrogen (secondary N) is 1. The summed E-state index contributed by atoms with van der Waals surface area (Å²) in [6, 6.07) is 2.87. The number of nitrogens with zero attached hydrogens (tertiary/aromatic N) is 2. The maximum absolute atomic E-state index is 13.4. The molecule has 1 aliphatic rings. The van der Waals surface area contributed by atoms with E-state index < -0.39 is 29.4 Å². The summed E-state index contributed by atoms with van der Waals surface area (Å²) < 4.78 is 31.7. The summed E-state index contributed by atoms with van der Waals surface area (Å²) in [6.45, 7) is 5.73. The minimum atomic E-state index is -0.964. The zero-order valence-electron chi connectivity index (χ0n) is 15.1. The highest BCUT2D eigenvalue weighted by molar-refractivity contribution is 7.14. The van der Waals surface area contributed by atoms with Gasteiger partial charge in [-0.1, -0.05) is 0 Å². The van der Waals surface area contributed by atoms with Crippen molar-refractivity contribution < 1.29 is 23.1 Å². The van der Waals surface area contributed by atoms with E-state index in [0.717, 1.165) is 23.5 Å². The van der Waals surface area contributed by atoms with Gasteiger partial charge in [-0.05, 0) is 45.4 Å². The van der Waals surface area contributed by atoms with E-state index in [-0.39, 0.29) is 5.91 Å². The minimum absolute atomic E-state index is 0.316. The number of rotatable bonds is 3. The van der Waals surface area contributed by atoms with Crippen molar-refractivity contribution in [3.05, 3.63) is 35.2 Å². The summed E-state index contributed by atoms with van der Waals surface area (Å²) in [7, 11) is 0. The van der Waals surface area contributed by atoms with Crippen LogP contribution in [0.3, 0.4) is 0 Å². The Balaban J connectivity index is 1.64. The number of thiazole rings is 1. The Bertz CT molecular complexity index is 879. The third-order valence-electron chi connectivity index (χ3n) is 3.90. The first-order valence-corrected chi connectivity index (χ1v) is 9.23. The van der Waals surface area contributed by atoms with Gasteiger partial charge in [-0.25, -0.2) is 18.6 Å². The number of benzene rings is 1. The molecule has 6 nitrogen and oxygen atoms in total. The van der Waals surface area contributed by atoms with E-state index in [1.165, 1.54) is 11.0 Å². The number of hydrogen-bond acceptors (Lipinski definition) is 5. The van der Waals surface area contributed by atoms with Crippen LogP contribution in [0.1, 0.15) is 27.2 Å². The van der Waals surface area contributed by atoms with Crippen LogP contribution in [0.2, 0.25) is 0 Å². The molecule has 1 atom stereocenters. The number of aromatic nitrogens is 1. The molecule has 1 aromatic heterocycles. The topological polar surface area (TPSA) is 71.5 Å². The van der Waals surface area contributed by atoms with Gasteiger partial charge in [-0.15, -0.1) is 11.3 Å². The third-order valence-corrected chi connectivity index (χ3v) is 4.66. The average Bonchev–Trinajstić information content (AvgIpc) is 2.95. The minimum Gasteiger partial charge on any atom is -0.444 e. The SMILES string of the molecule is CC(C)(C)OC(=O)N1CC[C@H]1C(=O)Nc1nc(-c2ccc(F)c(F)c2)cs1. The highest BCUT2D eigenvalue weighted by Gasteiger charge is 2.40. The number of likely N-dealkylation sites (tertiary alicyclic amines) is 1. The molecule has 1 aromatic carbocycles. The Morgan fingerprint density at radius 1 is 1.30 bits per heavy atom. The van der Waals surface area contributed by atoms with Crippen LogP contribution in [0.4, 0.5) is 18.7 Å². The maximum Gasteiger partial charge on any atom is 0.410 e. The van der Waals surface area contributed by atoms with E-state index in [1.54, 1.807) is 26.2 Å². The molecule has 27 heavy (non-hydrogen) atoms. The molecule has 3 rings (SSSR count). The molecule has 2 heterocycles. The van der Waals surface area contributed by atoms with E-state index in [0.29, 0.717) is 29.4 Å². The van der Waals surface area contributed by atoms with Gasteiger partial charge in [0.15, 0.2) is 16.8 Å². The lowest BCUT2D eigenvalue weighted by Crippen LogP contribution is -2.57. The Kier molecular flexibility index (Phi) is 5.14. The zero-order valence-corrected chi connectivity index (χ0v) is 15.9. The van der Waals surface area contributed by atoms with Gasteiger partial charge in [0.2, 0.25) is 5.91 Å². The van der Waals surface area contributed by atoms with Crippen molar-refractivity contribution in [2.45, 2.75) is 38.8 Å². The normalized spacial score (nSPS) is 16.6. The molecule has 2 aromatic rings. The van der Waals surface area contributed by atoms with Crippen LogP contribution >= 0.6 is 11.3 Å². The molecule has 0 spiro atoms. The van der Waals surface area contributed by atoms with E-state index >= 15 is 0 Å². The molecule has 1 N–H and O–H groups in total. The number of carbonyl (C=O) groups is 2. The summed E-state index contributed by atoms with van der Waals surface area (Å²) in [6.07, 6.45) is 0.00228. The van der Waals surface area contributed by atoms with Gasteiger partial charge < -0.3 is 10.1 Å². The Hall–Kier alpha value is -2.55. The van der Waals surface area contributed by atoms with Crippen molar-refractivity contribution >= 4 is 28.5 Å². The van der Waals surface area contributed by atoms with Crippen LogP contribution in [-0.4, -0.2) is 40.1 Å². The van der Waals surface area contributed by atoms with Crippen LogP contribution < -0.4 is 5.32 Å². The van der Waals surface area contributed by atoms with E-state index in [9.17, 15) is 18.4 Å². The molecule has 0 saturated carbocycles. The van der Waals surface area contributed by atoms with Gasteiger partial charge in [-0.3, -0.25) is 9.69 Å².